The average molecular weight is 490 g/mol. The van der Waals surface area contributed by atoms with Gasteiger partial charge in [0.25, 0.3) is 11.8 Å². The van der Waals surface area contributed by atoms with E-state index >= 15 is 0 Å². The second-order valence-corrected chi connectivity index (χ2v) is 10.9. The molecule has 1 aliphatic heterocycles. The van der Waals surface area contributed by atoms with Crippen molar-refractivity contribution >= 4 is 33.4 Å². The van der Waals surface area contributed by atoms with Crippen LogP contribution in [0.25, 0.3) is 0 Å². The maximum atomic E-state index is 13.4. The van der Waals surface area contributed by atoms with E-state index in [9.17, 15) is 18.0 Å². The highest BCUT2D eigenvalue weighted by Gasteiger charge is 2.34. The lowest BCUT2D eigenvalue weighted by atomic mass is 10.1. The fraction of sp³-hybridized carbons (Fsp3) is 0.417. The summed E-state index contributed by atoms with van der Waals surface area (Å²) in [7, 11) is -2.18. The first-order valence-electron chi connectivity index (χ1n) is 11.2. The zero-order chi connectivity index (χ0) is 23.6. The number of rotatable bonds is 7. The number of hydrogen-bond acceptors (Lipinski definition) is 4. The number of piperidine rings is 1. The summed E-state index contributed by atoms with van der Waals surface area (Å²) in [5, 5.41) is 2.71. The van der Waals surface area contributed by atoms with Gasteiger partial charge in [0, 0.05) is 43.9 Å². The van der Waals surface area contributed by atoms with Crippen molar-refractivity contribution in [3.8, 4) is 0 Å². The third-order valence-corrected chi connectivity index (χ3v) is 8.54. The van der Waals surface area contributed by atoms with Crippen molar-refractivity contribution in [1.29, 1.82) is 0 Å². The van der Waals surface area contributed by atoms with E-state index in [1.54, 1.807) is 30.1 Å². The van der Waals surface area contributed by atoms with Crippen molar-refractivity contribution < 1.29 is 18.0 Å². The van der Waals surface area contributed by atoms with Crippen LogP contribution in [-0.2, 0) is 16.6 Å². The lowest BCUT2D eigenvalue weighted by Gasteiger charge is -2.27. The summed E-state index contributed by atoms with van der Waals surface area (Å²) >= 11 is 6.28. The second-order valence-electron chi connectivity index (χ2n) is 8.55. The zero-order valence-corrected chi connectivity index (χ0v) is 20.2. The Morgan fingerprint density at radius 1 is 1.03 bits per heavy atom. The van der Waals surface area contributed by atoms with Gasteiger partial charge in [0.05, 0.1) is 5.02 Å². The summed E-state index contributed by atoms with van der Waals surface area (Å²) in [5.41, 5.74) is 1.76. The fourth-order valence-electron chi connectivity index (χ4n) is 4.10. The molecule has 2 aromatic carbocycles. The van der Waals surface area contributed by atoms with E-state index in [2.05, 4.69) is 5.32 Å². The van der Waals surface area contributed by atoms with E-state index in [0.717, 1.165) is 37.7 Å². The number of halogens is 1. The molecule has 1 heterocycles. The van der Waals surface area contributed by atoms with Crippen LogP contribution in [0.3, 0.4) is 0 Å². The van der Waals surface area contributed by atoms with Crippen LogP contribution in [0, 0.1) is 0 Å². The smallest absolute Gasteiger partial charge is 0.254 e. The normalized spacial score (nSPS) is 16.9. The first kappa shape index (κ1) is 23.7. The average Bonchev–Trinajstić information content (AvgIpc) is 3.68. The molecule has 0 bridgehead atoms. The number of nitrogens with one attached hydrogen (secondary N) is 1. The van der Waals surface area contributed by atoms with Gasteiger partial charge in [0.1, 0.15) is 4.90 Å². The molecule has 0 atom stereocenters. The van der Waals surface area contributed by atoms with Crippen LogP contribution in [0.5, 0.6) is 0 Å². The number of sulfonamides is 1. The Bertz CT molecular complexity index is 1140. The molecule has 1 saturated carbocycles. The van der Waals surface area contributed by atoms with E-state index < -0.39 is 10.0 Å². The van der Waals surface area contributed by atoms with Crippen molar-refractivity contribution in [3.63, 3.8) is 0 Å². The predicted molar refractivity (Wildman–Crippen MR) is 127 cm³/mol. The first-order valence-corrected chi connectivity index (χ1v) is 13.0. The summed E-state index contributed by atoms with van der Waals surface area (Å²) < 4.78 is 27.8. The van der Waals surface area contributed by atoms with Gasteiger partial charge in [-0.3, -0.25) is 9.59 Å². The van der Waals surface area contributed by atoms with Gasteiger partial charge in [0.2, 0.25) is 10.0 Å². The third-order valence-electron chi connectivity index (χ3n) is 6.16. The number of amides is 2. The Hall–Kier alpha value is -2.42. The van der Waals surface area contributed by atoms with Crippen LogP contribution in [-0.4, -0.2) is 55.6 Å². The quantitative estimate of drug-likeness (QED) is 0.642. The van der Waals surface area contributed by atoms with Gasteiger partial charge in [-0.05, 0) is 61.6 Å². The van der Waals surface area contributed by atoms with E-state index in [1.165, 1.54) is 16.4 Å². The topological polar surface area (TPSA) is 86.8 Å². The summed E-state index contributed by atoms with van der Waals surface area (Å²) in [6.07, 6.45) is 4.48. The molecule has 33 heavy (non-hydrogen) atoms. The Balaban J connectivity index is 1.58. The van der Waals surface area contributed by atoms with Gasteiger partial charge in [-0.1, -0.05) is 30.2 Å². The maximum Gasteiger partial charge on any atom is 0.254 e. The number of nitrogens with zero attached hydrogens (tertiary/aromatic N) is 2. The van der Waals surface area contributed by atoms with Gasteiger partial charge in [0.15, 0.2) is 0 Å². The summed E-state index contributed by atoms with van der Waals surface area (Å²) in [6, 6.07) is 11.7. The van der Waals surface area contributed by atoms with E-state index in [0.29, 0.717) is 30.8 Å². The lowest BCUT2D eigenvalue weighted by Crippen LogP contribution is -2.36. The molecule has 0 radical (unpaired) electrons. The third kappa shape index (κ3) is 5.23. The van der Waals surface area contributed by atoms with Gasteiger partial charge in [-0.15, -0.1) is 0 Å². The molecule has 7 nitrogen and oxygen atoms in total. The highest BCUT2D eigenvalue weighted by atomic mass is 35.5. The maximum absolute atomic E-state index is 13.4. The van der Waals surface area contributed by atoms with Crippen LogP contribution < -0.4 is 5.32 Å². The van der Waals surface area contributed by atoms with Crippen LogP contribution in [0.1, 0.15) is 58.4 Å². The molecule has 4 rings (SSSR count). The number of hydrogen-bond donors (Lipinski definition) is 1. The van der Waals surface area contributed by atoms with Gasteiger partial charge >= 0.3 is 0 Å². The van der Waals surface area contributed by atoms with Crippen molar-refractivity contribution in [1.82, 2.24) is 14.5 Å². The monoisotopic (exact) mass is 489 g/mol. The number of benzene rings is 2. The van der Waals surface area contributed by atoms with Gasteiger partial charge in [-0.25, -0.2) is 8.42 Å². The first-order chi connectivity index (χ1) is 15.8. The van der Waals surface area contributed by atoms with Crippen LogP contribution in [0.2, 0.25) is 5.02 Å². The molecule has 2 fully saturated rings. The van der Waals surface area contributed by atoms with E-state index in [1.807, 2.05) is 12.1 Å². The molecule has 9 heteroatoms. The SMILES string of the molecule is CNC(=O)c1ccc(CN(C(=O)c2ccc(Cl)c(S(=O)(=O)N3CCCCC3)c2)C2CC2)cc1. The Morgan fingerprint density at radius 3 is 2.27 bits per heavy atom. The zero-order valence-electron chi connectivity index (χ0n) is 18.6. The van der Waals surface area contributed by atoms with Crippen molar-refractivity contribution in [2.75, 3.05) is 20.1 Å². The Morgan fingerprint density at radius 2 is 1.67 bits per heavy atom. The van der Waals surface area contributed by atoms with Crippen LogP contribution in [0.4, 0.5) is 0 Å². The molecule has 2 aromatic rings. The molecule has 2 aliphatic rings. The molecular weight excluding hydrogens is 462 g/mol. The summed E-state index contributed by atoms with van der Waals surface area (Å²) in [6.45, 7) is 1.32. The summed E-state index contributed by atoms with van der Waals surface area (Å²) in [5.74, 6) is -0.389. The molecule has 0 unspecified atom stereocenters. The minimum atomic E-state index is -3.76. The Kier molecular flexibility index (Phi) is 7.07. The minimum absolute atomic E-state index is 0.0115. The highest BCUT2D eigenvalue weighted by molar-refractivity contribution is 7.89. The van der Waals surface area contributed by atoms with E-state index in [4.69, 9.17) is 11.6 Å². The van der Waals surface area contributed by atoms with E-state index in [-0.39, 0.29) is 27.8 Å². The van der Waals surface area contributed by atoms with Crippen LogP contribution in [0.15, 0.2) is 47.4 Å². The minimum Gasteiger partial charge on any atom is -0.355 e. The lowest BCUT2D eigenvalue weighted by molar-refractivity contribution is 0.0729. The number of carbonyl (C=O) groups is 2. The molecule has 0 aromatic heterocycles. The summed E-state index contributed by atoms with van der Waals surface area (Å²) in [4.78, 5) is 27.0. The van der Waals surface area contributed by atoms with Gasteiger partial charge in [-0.2, -0.15) is 4.31 Å². The van der Waals surface area contributed by atoms with Crippen LogP contribution >= 0.6 is 11.6 Å². The molecule has 1 saturated heterocycles. The molecule has 1 N–H and O–H groups in total. The second kappa shape index (κ2) is 9.83. The standard InChI is InChI=1S/C24H28ClN3O4S/c1-26-23(29)18-7-5-17(6-8-18)16-28(20-10-11-20)24(30)19-9-12-21(25)22(15-19)33(31,32)27-13-3-2-4-14-27/h5-9,12,15,20H,2-4,10-11,13-14,16H2,1H3,(H,26,29). The van der Waals surface area contributed by atoms with Crippen molar-refractivity contribution in [2.24, 2.45) is 0 Å². The highest BCUT2D eigenvalue weighted by Crippen LogP contribution is 2.32. The fourth-order valence-corrected chi connectivity index (χ4v) is 6.12. The largest absolute Gasteiger partial charge is 0.355 e. The predicted octanol–water partition coefficient (Wildman–Crippen LogP) is 3.68. The van der Waals surface area contributed by atoms with Crippen molar-refractivity contribution in [3.05, 3.63) is 64.2 Å². The Labute approximate surface area is 199 Å². The molecule has 1 aliphatic carbocycles. The molecule has 0 spiro atoms. The van der Waals surface area contributed by atoms with Gasteiger partial charge < -0.3 is 10.2 Å². The molecule has 176 valence electrons. The van der Waals surface area contributed by atoms with Crippen molar-refractivity contribution in [2.45, 2.75) is 49.6 Å². The molecule has 2 amide bonds. The molecular formula is C24H28ClN3O4S. The number of carbonyl (C=O) groups excluding carboxylic acids is 2.